The maximum Gasteiger partial charge on any atom is 0.321 e. The third-order valence-corrected chi connectivity index (χ3v) is 1.80. The average molecular weight is 187 g/mol. The van der Waals surface area contributed by atoms with Crippen molar-refractivity contribution in [1.29, 1.82) is 0 Å². The Morgan fingerprint density at radius 3 is 2.92 bits per heavy atom. The highest BCUT2D eigenvalue weighted by molar-refractivity contribution is 5.74. The monoisotopic (exact) mass is 187 g/mol. The molecule has 1 aromatic heterocycles. The van der Waals surface area contributed by atoms with Gasteiger partial charge in [-0.2, -0.15) is 0 Å². The quantitative estimate of drug-likeness (QED) is 0.612. The van der Waals surface area contributed by atoms with Gasteiger partial charge >= 0.3 is 5.97 Å². The summed E-state index contributed by atoms with van der Waals surface area (Å²) in [5.41, 5.74) is 5.68. The molecule has 0 saturated carbocycles. The predicted molar refractivity (Wildman–Crippen MR) is 42.9 cm³/mol. The lowest BCUT2D eigenvalue weighted by Gasteiger charge is -2.15. The lowest BCUT2D eigenvalue weighted by Crippen LogP contribution is -2.37. The van der Waals surface area contributed by atoms with E-state index in [1.807, 2.05) is 0 Å². The summed E-state index contributed by atoms with van der Waals surface area (Å²) >= 11 is 0. The van der Waals surface area contributed by atoms with Crippen molar-refractivity contribution in [3.05, 3.63) is 18.2 Å². The van der Waals surface area contributed by atoms with E-state index < -0.39 is 24.6 Å². The molecule has 0 spiro atoms. The minimum absolute atomic E-state index is 0.400. The fourth-order valence-electron chi connectivity index (χ4n) is 1.01. The summed E-state index contributed by atoms with van der Waals surface area (Å²) < 4.78 is 12.4. The Labute approximate surface area is 73.8 Å². The molecule has 0 bridgehead atoms. The molecule has 2 unspecified atom stereocenters. The number of carboxylic acid groups (broad SMARTS) is 1. The highest BCUT2D eigenvalue weighted by Gasteiger charge is 2.26. The summed E-state index contributed by atoms with van der Waals surface area (Å²) in [6.45, 7) is -0.824. The zero-order valence-corrected chi connectivity index (χ0v) is 6.77. The molecule has 0 fully saturated rings. The van der Waals surface area contributed by atoms with Gasteiger partial charge in [0.2, 0.25) is 0 Å². The molecule has 72 valence electrons. The Balaban J connectivity index is 2.79. The molecule has 0 radical (unpaired) electrons. The average Bonchev–Trinajstić information content (AvgIpc) is 2.58. The summed E-state index contributed by atoms with van der Waals surface area (Å²) in [7, 11) is 0. The number of alkyl halides is 1. The predicted octanol–water partition coefficient (Wildman–Crippen LogP) is -0.125. The van der Waals surface area contributed by atoms with E-state index in [0.29, 0.717) is 5.69 Å². The summed E-state index contributed by atoms with van der Waals surface area (Å²) in [6, 6.07) is -1.24. The number of nitrogens with two attached hydrogens (primary N) is 1. The molecule has 6 heteroatoms. The number of aromatic amines is 1. The Kier molecular flexibility index (Phi) is 2.97. The highest BCUT2D eigenvalue weighted by atomic mass is 19.1. The van der Waals surface area contributed by atoms with E-state index in [2.05, 4.69) is 9.97 Å². The van der Waals surface area contributed by atoms with Crippen molar-refractivity contribution in [2.45, 2.75) is 12.0 Å². The number of H-pyrrole nitrogens is 1. The Hall–Kier alpha value is -1.43. The minimum atomic E-state index is -1.24. The molecule has 1 rings (SSSR count). The Bertz CT molecular complexity index is 275. The molecule has 5 nitrogen and oxygen atoms in total. The summed E-state index contributed by atoms with van der Waals surface area (Å²) in [5.74, 6) is -2.09. The third-order valence-electron chi connectivity index (χ3n) is 1.80. The molecule has 0 saturated heterocycles. The maximum absolute atomic E-state index is 12.4. The van der Waals surface area contributed by atoms with Gasteiger partial charge in [-0.05, 0) is 0 Å². The highest BCUT2D eigenvalue weighted by Crippen LogP contribution is 2.16. The van der Waals surface area contributed by atoms with Crippen molar-refractivity contribution in [1.82, 2.24) is 9.97 Å². The van der Waals surface area contributed by atoms with Gasteiger partial charge < -0.3 is 15.8 Å². The first-order valence-electron chi connectivity index (χ1n) is 3.69. The zero-order valence-electron chi connectivity index (χ0n) is 6.77. The van der Waals surface area contributed by atoms with E-state index in [-0.39, 0.29) is 0 Å². The maximum atomic E-state index is 12.4. The third kappa shape index (κ3) is 2.03. The van der Waals surface area contributed by atoms with Gasteiger partial charge in [-0.3, -0.25) is 9.18 Å². The first-order chi connectivity index (χ1) is 6.16. The lowest BCUT2D eigenvalue weighted by atomic mass is 9.99. The van der Waals surface area contributed by atoms with Gasteiger partial charge in [0.15, 0.2) is 0 Å². The van der Waals surface area contributed by atoms with E-state index >= 15 is 0 Å². The Morgan fingerprint density at radius 2 is 2.54 bits per heavy atom. The van der Waals surface area contributed by atoms with Crippen LogP contribution in [-0.4, -0.2) is 33.8 Å². The number of imidazole rings is 1. The first kappa shape index (κ1) is 9.66. The van der Waals surface area contributed by atoms with Crippen LogP contribution in [0.3, 0.4) is 0 Å². The second-order valence-electron chi connectivity index (χ2n) is 2.63. The minimum Gasteiger partial charge on any atom is -0.480 e. The van der Waals surface area contributed by atoms with Gasteiger partial charge in [0.25, 0.3) is 0 Å². The first-order valence-corrected chi connectivity index (χ1v) is 3.69. The topological polar surface area (TPSA) is 92.0 Å². The van der Waals surface area contributed by atoms with Gasteiger partial charge in [0.05, 0.1) is 18.9 Å². The number of nitrogens with one attached hydrogen (secondary N) is 1. The van der Waals surface area contributed by atoms with Crippen molar-refractivity contribution in [3.63, 3.8) is 0 Å². The normalized spacial score (nSPS) is 15.2. The molecule has 0 aliphatic heterocycles. The van der Waals surface area contributed by atoms with Crippen LogP contribution < -0.4 is 5.73 Å². The molecule has 1 heterocycles. The molecular weight excluding hydrogens is 177 g/mol. The van der Waals surface area contributed by atoms with E-state index in [9.17, 15) is 9.18 Å². The van der Waals surface area contributed by atoms with E-state index in [0.717, 1.165) is 0 Å². The fraction of sp³-hybridized carbons (Fsp3) is 0.429. The van der Waals surface area contributed by atoms with Crippen molar-refractivity contribution in [3.8, 4) is 0 Å². The number of hydrogen-bond acceptors (Lipinski definition) is 3. The van der Waals surface area contributed by atoms with Gasteiger partial charge in [0.1, 0.15) is 6.04 Å². The fourth-order valence-corrected chi connectivity index (χ4v) is 1.01. The summed E-state index contributed by atoms with van der Waals surface area (Å²) in [6.07, 6.45) is 2.72. The number of aliphatic carboxylic acids is 1. The summed E-state index contributed by atoms with van der Waals surface area (Å²) in [5, 5.41) is 8.56. The van der Waals surface area contributed by atoms with Crippen LogP contribution in [0.2, 0.25) is 0 Å². The van der Waals surface area contributed by atoms with Gasteiger partial charge in [-0.25, -0.2) is 4.98 Å². The van der Waals surface area contributed by atoms with E-state index in [1.54, 1.807) is 0 Å². The van der Waals surface area contributed by atoms with Crippen LogP contribution >= 0.6 is 0 Å². The van der Waals surface area contributed by atoms with Crippen LogP contribution in [-0.2, 0) is 4.79 Å². The van der Waals surface area contributed by atoms with Crippen LogP contribution in [0, 0.1) is 0 Å². The van der Waals surface area contributed by atoms with Crippen LogP contribution in [0.1, 0.15) is 11.6 Å². The van der Waals surface area contributed by atoms with E-state index in [4.69, 9.17) is 10.8 Å². The van der Waals surface area contributed by atoms with Crippen molar-refractivity contribution in [2.24, 2.45) is 5.73 Å². The number of carboxylic acids is 1. The van der Waals surface area contributed by atoms with Crippen LogP contribution in [0.25, 0.3) is 0 Å². The number of nitrogens with zero attached hydrogens (tertiary/aromatic N) is 1. The molecule has 0 aliphatic rings. The molecule has 0 amide bonds. The Morgan fingerprint density at radius 1 is 1.85 bits per heavy atom. The number of aromatic nitrogens is 2. The zero-order chi connectivity index (χ0) is 9.84. The van der Waals surface area contributed by atoms with Gasteiger partial charge in [-0.1, -0.05) is 0 Å². The van der Waals surface area contributed by atoms with Crippen LogP contribution in [0.4, 0.5) is 4.39 Å². The molecule has 0 aliphatic carbocycles. The molecular formula is C7H10FN3O2. The molecule has 4 N–H and O–H groups in total. The van der Waals surface area contributed by atoms with Gasteiger partial charge in [0, 0.05) is 11.9 Å². The number of halogens is 1. The lowest BCUT2D eigenvalue weighted by molar-refractivity contribution is -0.139. The molecule has 0 aromatic carbocycles. The van der Waals surface area contributed by atoms with E-state index in [1.165, 1.54) is 12.5 Å². The summed E-state index contributed by atoms with van der Waals surface area (Å²) in [4.78, 5) is 16.8. The SMILES string of the molecule is NC(C(=O)O)C(CF)c1cnc[nH]1. The standard InChI is InChI=1S/C7H10FN3O2/c8-1-4(6(9)7(12)13)5-2-10-3-11-5/h2-4,6H,1,9H2,(H,10,11)(H,12,13). The second-order valence-corrected chi connectivity index (χ2v) is 2.63. The second kappa shape index (κ2) is 3.99. The van der Waals surface area contributed by atoms with Gasteiger partial charge in [-0.15, -0.1) is 0 Å². The smallest absolute Gasteiger partial charge is 0.321 e. The van der Waals surface area contributed by atoms with Crippen molar-refractivity contribution >= 4 is 5.97 Å². The number of rotatable bonds is 4. The molecule has 2 atom stereocenters. The van der Waals surface area contributed by atoms with Crippen LogP contribution in [0.15, 0.2) is 12.5 Å². The number of hydrogen-bond donors (Lipinski definition) is 3. The number of carbonyl (C=O) groups is 1. The molecule has 13 heavy (non-hydrogen) atoms. The van der Waals surface area contributed by atoms with Crippen molar-refractivity contribution in [2.75, 3.05) is 6.67 Å². The van der Waals surface area contributed by atoms with Crippen LogP contribution in [0.5, 0.6) is 0 Å². The van der Waals surface area contributed by atoms with Crippen molar-refractivity contribution < 1.29 is 14.3 Å². The molecule has 1 aromatic rings. The largest absolute Gasteiger partial charge is 0.480 e.